The van der Waals surface area contributed by atoms with Crippen LogP contribution >= 0.6 is 11.8 Å². The number of anilines is 1. The molecule has 0 radical (unpaired) electrons. The predicted molar refractivity (Wildman–Crippen MR) is 76.5 cm³/mol. The van der Waals surface area contributed by atoms with Crippen LogP contribution in [0.3, 0.4) is 0 Å². The molecule has 2 aromatic rings. The van der Waals surface area contributed by atoms with E-state index in [0.717, 1.165) is 18.1 Å². The third kappa shape index (κ3) is 2.38. The molecule has 3 rings (SSSR count). The summed E-state index contributed by atoms with van der Waals surface area (Å²) in [6.45, 7) is 3.44. The van der Waals surface area contributed by atoms with Crippen molar-refractivity contribution in [3.8, 4) is 0 Å². The minimum absolute atomic E-state index is 0.182. The number of hydrogen-bond donors (Lipinski definition) is 0. The maximum Gasteiger partial charge on any atom is 0.237 e. The molecule has 1 amide bonds. The summed E-state index contributed by atoms with van der Waals surface area (Å²) in [5, 5.41) is 0. The molecule has 1 aromatic heterocycles. The highest BCUT2D eigenvalue weighted by Gasteiger charge is 2.23. The first-order valence-corrected chi connectivity index (χ1v) is 7.24. The minimum atomic E-state index is 0.182. The maximum absolute atomic E-state index is 12.1. The van der Waals surface area contributed by atoms with Crippen molar-refractivity contribution >= 4 is 23.4 Å². The lowest BCUT2D eigenvalue weighted by Gasteiger charge is -2.29. The van der Waals surface area contributed by atoms with Crippen LogP contribution in [-0.2, 0) is 11.3 Å². The molecule has 1 aliphatic heterocycles. The van der Waals surface area contributed by atoms with E-state index in [1.165, 1.54) is 4.90 Å². The van der Waals surface area contributed by atoms with Gasteiger partial charge in [-0.15, -0.1) is 11.8 Å². The van der Waals surface area contributed by atoms with Crippen molar-refractivity contribution in [1.82, 2.24) is 9.55 Å². The Morgan fingerprint density at radius 2 is 2.16 bits per heavy atom. The first-order valence-electron chi connectivity index (χ1n) is 6.25. The van der Waals surface area contributed by atoms with E-state index in [-0.39, 0.29) is 5.91 Å². The van der Waals surface area contributed by atoms with Crippen LogP contribution in [0, 0.1) is 6.92 Å². The molecular formula is C14H15N3OS. The Morgan fingerprint density at radius 3 is 2.95 bits per heavy atom. The number of carbonyl (C=O) groups is 1. The number of nitrogens with zero attached hydrogens (tertiary/aromatic N) is 3. The molecular weight excluding hydrogens is 258 g/mol. The highest BCUT2D eigenvalue weighted by molar-refractivity contribution is 8.00. The van der Waals surface area contributed by atoms with Crippen LogP contribution < -0.4 is 4.90 Å². The van der Waals surface area contributed by atoms with Gasteiger partial charge in [0.05, 0.1) is 11.4 Å². The Hall–Kier alpha value is -1.75. The van der Waals surface area contributed by atoms with Crippen molar-refractivity contribution < 1.29 is 4.79 Å². The number of para-hydroxylation sites is 1. The van der Waals surface area contributed by atoms with E-state index in [1.54, 1.807) is 18.0 Å². The molecule has 0 aliphatic carbocycles. The third-order valence-corrected chi connectivity index (χ3v) is 4.34. The highest BCUT2D eigenvalue weighted by Crippen LogP contribution is 2.34. The molecule has 0 saturated heterocycles. The SMILES string of the molecule is Cc1nccn1CCN1C(=O)CSc2ccccc21. The van der Waals surface area contributed by atoms with Crippen molar-refractivity contribution in [1.29, 1.82) is 0 Å². The van der Waals surface area contributed by atoms with Crippen LogP contribution in [0.15, 0.2) is 41.6 Å². The summed E-state index contributed by atoms with van der Waals surface area (Å²) in [6, 6.07) is 8.08. The monoisotopic (exact) mass is 273 g/mol. The molecule has 0 saturated carbocycles. The van der Waals surface area contributed by atoms with Crippen molar-refractivity contribution in [3.63, 3.8) is 0 Å². The standard InChI is InChI=1S/C14H15N3OS/c1-11-15-6-7-16(11)8-9-17-12-4-2-3-5-13(12)19-10-14(17)18/h2-7H,8-10H2,1H3. The average Bonchev–Trinajstić information content (AvgIpc) is 2.83. The molecule has 0 bridgehead atoms. The zero-order chi connectivity index (χ0) is 13.2. The summed E-state index contributed by atoms with van der Waals surface area (Å²) in [4.78, 5) is 19.3. The Balaban J connectivity index is 1.80. The number of hydrogen-bond acceptors (Lipinski definition) is 3. The van der Waals surface area contributed by atoms with Crippen LogP contribution in [0.2, 0.25) is 0 Å². The highest BCUT2D eigenvalue weighted by atomic mass is 32.2. The average molecular weight is 273 g/mol. The van der Waals surface area contributed by atoms with Gasteiger partial charge in [0, 0.05) is 30.4 Å². The van der Waals surface area contributed by atoms with E-state index in [9.17, 15) is 4.79 Å². The van der Waals surface area contributed by atoms with Crippen LogP contribution in [0.25, 0.3) is 0 Å². The molecule has 19 heavy (non-hydrogen) atoms. The van der Waals surface area contributed by atoms with Crippen molar-refractivity contribution in [2.24, 2.45) is 0 Å². The number of benzene rings is 1. The fourth-order valence-corrected chi connectivity index (χ4v) is 3.18. The van der Waals surface area contributed by atoms with Gasteiger partial charge in [0.25, 0.3) is 0 Å². The number of aryl methyl sites for hydroxylation is 1. The van der Waals surface area contributed by atoms with Gasteiger partial charge in [-0.1, -0.05) is 12.1 Å². The van der Waals surface area contributed by atoms with Gasteiger partial charge in [0.2, 0.25) is 5.91 Å². The van der Waals surface area contributed by atoms with Gasteiger partial charge in [-0.2, -0.15) is 0 Å². The van der Waals surface area contributed by atoms with Gasteiger partial charge < -0.3 is 9.47 Å². The second-order valence-corrected chi connectivity index (χ2v) is 5.49. The van der Waals surface area contributed by atoms with Crippen LogP contribution in [-0.4, -0.2) is 27.8 Å². The summed E-state index contributed by atoms with van der Waals surface area (Å²) >= 11 is 1.62. The topological polar surface area (TPSA) is 38.1 Å². The molecule has 1 aromatic carbocycles. The number of aromatic nitrogens is 2. The summed E-state index contributed by atoms with van der Waals surface area (Å²) in [5.41, 5.74) is 1.03. The molecule has 1 aliphatic rings. The number of fused-ring (bicyclic) bond motifs is 1. The molecule has 5 heteroatoms. The van der Waals surface area contributed by atoms with Crippen molar-refractivity contribution in [2.45, 2.75) is 18.4 Å². The Labute approximate surface area is 116 Å². The molecule has 4 nitrogen and oxygen atoms in total. The summed E-state index contributed by atoms with van der Waals surface area (Å²) in [5.74, 6) is 1.69. The molecule has 0 fully saturated rings. The quantitative estimate of drug-likeness (QED) is 0.861. The third-order valence-electron chi connectivity index (χ3n) is 3.30. The lowest BCUT2D eigenvalue weighted by Crippen LogP contribution is -2.37. The number of imidazole rings is 1. The molecule has 0 spiro atoms. The normalized spacial score (nSPS) is 14.6. The van der Waals surface area contributed by atoms with Crippen molar-refractivity contribution in [3.05, 3.63) is 42.5 Å². The number of rotatable bonds is 3. The summed E-state index contributed by atoms with van der Waals surface area (Å²) < 4.78 is 2.07. The molecule has 98 valence electrons. The molecule has 0 N–H and O–H groups in total. The van der Waals surface area contributed by atoms with E-state index >= 15 is 0 Å². The lowest BCUT2D eigenvalue weighted by molar-refractivity contribution is -0.116. The maximum atomic E-state index is 12.1. The fraction of sp³-hybridized carbons (Fsp3) is 0.286. The largest absolute Gasteiger partial charge is 0.333 e. The fourth-order valence-electron chi connectivity index (χ4n) is 2.25. The van der Waals surface area contributed by atoms with E-state index in [2.05, 4.69) is 15.6 Å². The van der Waals surface area contributed by atoms with Gasteiger partial charge in [-0.05, 0) is 19.1 Å². The van der Waals surface area contributed by atoms with Gasteiger partial charge >= 0.3 is 0 Å². The van der Waals surface area contributed by atoms with Gasteiger partial charge in [0.1, 0.15) is 5.82 Å². The smallest absolute Gasteiger partial charge is 0.237 e. The molecule has 2 heterocycles. The van der Waals surface area contributed by atoms with Crippen LogP contribution in [0.1, 0.15) is 5.82 Å². The lowest BCUT2D eigenvalue weighted by atomic mass is 10.2. The first-order chi connectivity index (χ1) is 9.25. The van der Waals surface area contributed by atoms with E-state index < -0.39 is 0 Å². The summed E-state index contributed by atoms with van der Waals surface area (Å²) in [7, 11) is 0. The number of carbonyl (C=O) groups excluding carboxylic acids is 1. The molecule has 0 atom stereocenters. The van der Waals surface area contributed by atoms with Gasteiger partial charge in [-0.3, -0.25) is 4.79 Å². The second-order valence-electron chi connectivity index (χ2n) is 4.47. The van der Waals surface area contributed by atoms with Crippen LogP contribution in [0.5, 0.6) is 0 Å². The number of thioether (sulfide) groups is 1. The van der Waals surface area contributed by atoms with Gasteiger partial charge in [-0.25, -0.2) is 4.98 Å². The Kier molecular flexibility index (Phi) is 3.29. The Bertz CT molecular complexity index is 608. The zero-order valence-electron chi connectivity index (χ0n) is 10.7. The van der Waals surface area contributed by atoms with Crippen molar-refractivity contribution in [2.75, 3.05) is 17.2 Å². The zero-order valence-corrected chi connectivity index (χ0v) is 11.6. The van der Waals surface area contributed by atoms with E-state index in [1.807, 2.05) is 36.2 Å². The predicted octanol–water partition coefficient (Wildman–Crippen LogP) is 2.33. The first kappa shape index (κ1) is 12.3. The van der Waals surface area contributed by atoms with Gasteiger partial charge in [0.15, 0.2) is 0 Å². The van der Waals surface area contributed by atoms with Crippen LogP contribution in [0.4, 0.5) is 5.69 Å². The minimum Gasteiger partial charge on any atom is -0.333 e. The molecule has 0 unspecified atom stereocenters. The summed E-state index contributed by atoms with van der Waals surface area (Å²) in [6.07, 6.45) is 3.74. The van der Waals surface area contributed by atoms with E-state index in [0.29, 0.717) is 12.3 Å². The Morgan fingerprint density at radius 1 is 1.32 bits per heavy atom. The number of amides is 1. The van der Waals surface area contributed by atoms with E-state index in [4.69, 9.17) is 0 Å². The second kappa shape index (κ2) is 5.09.